The molecule has 1 fully saturated rings. The van der Waals surface area contributed by atoms with E-state index in [0.29, 0.717) is 27.9 Å². The van der Waals surface area contributed by atoms with Crippen LogP contribution in [0.4, 0.5) is 10.1 Å². The first-order chi connectivity index (χ1) is 12.5. The number of nitrogens with two attached hydrogens (primary N) is 1. The minimum Gasteiger partial charge on any atom is -0.383 e. The maximum atomic E-state index is 13.2. The second-order valence-corrected chi connectivity index (χ2v) is 7.24. The van der Waals surface area contributed by atoms with Crippen molar-refractivity contribution < 1.29 is 9.18 Å². The van der Waals surface area contributed by atoms with E-state index in [9.17, 15) is 9.18 Å². The van der Waals surface area contributed by atoms with E-state index in [2.05, 4.69) is 15.3 Å². The van der Waals surface area contributed by atoms with Gasteiger partial charge < -0.3 is 11.1 Å². The van der Waals surface area contributed by atoms with Crippen LogP contribution in [0.2, 0.25) is 5.02 Å². The van der Waals surface area contributed by atoms with Crippen LogP contribution in [0.15, 0.2) is 24.7 Å². The third-order valence-electron chi connectivity index (χ3n) is 5.06. The smallest absolute Gasteiger partial charge is 0.250 e. The number of anilines is 1. The summed E-state index contributed by atoms with van der Waals surface area (Å²) < 4.78 is 13.2. The van der Waals surface area contributed by atoms with Gasteiger partial charge in [-0.15, -0.1) is 0 Å². The molecule has 0 spiro atoms. The molecule has 2 aromatic rings. The second-order valence-electron chi connectivity index (χ2n) is 6.83. The van der Waals surface area contributed by atoms with E-state index in [1.165, 1.54) is 12.3 Å². The number of hydrogen-bond donors (Lipinski definition) is 2. The average Bonchev–Trinajstić information content (AvgIpc) is 2.62. The number of nitrogens with zero attached hydrogens (tertiary/aromatic N) is 2. The molecule has 1 aliphatic rings. The van der Waals surface area contributed by atoms with Crippen LogP contribution in [0.1, 0.15) is 53.2 Å². The summed E-state index contributed by atoms with van der Waals surface area (Å²) in [6.45, 7) is 2.55. The quantitative estimate of drug-likeness (QED) is 0.824. The van der Waals surface area contributed by atoms with Crippen molar-refractivity contribution in [3.05, 3.63) is 52.3 Å². The van der Waals surface area contributed by atoms with Crippen molar-refractivity contribution in [3.8, 4) is 0 Å². The van der Waals surface area contributed by atoms with Crippen LogP contribution >= 0.6 is 11.6 Å². The predicted molar refractivity (Wildman–Crippen MR) is 99.9 cm³/mol. The molecule has 0 atom stereocenters. The Labute approximate surface area is 157 Å². The number of hydrogen-bond acceptors (Lipinski definition) is 4. The average molecular weight is 377 g/mol. The van der Waals surface area contributed by atoms with Gasteiger partial charge in [-0.05, 0) is 50.0 Å². The van der Waals surface area contributed by atoms with E-state index >= 15 is 0 Å². The van der Waals surface area contributed by atoms with Gasteiger partial charge >= 0.3 is 0 Å². The Morgan fingerprint density at radius 3 is 2.69 bits per heavy atom. The molecule has 5 nitrogen and oxygen atoms in total. The highest BCUT2D eigenvalue weighted by atomic mass is 35.5. The normalized spacial score (nSPS) is 20.0. The molecule has 7 heteroatoms. The molecule has 26 heavy (non-hydrogen) atoms. The first-order valence-corrected chi connectivity index (χ1v) is 9.12. The summed E-state index contributed by atoms with van der Waals surface area (Å²) in [6, 6.07) is 1.44. The zero-order chi connectivity index (χ0) is 18.7. The molecule has 0 saturated heterocycles. The van der Waals surface area contributed by atoms with Gasteiger partial charge in [0.1, 0.15) is 5.82 Å². The molecule has 0 radical (unpaired) electrons. The van der Waals surface area contributed by atoms with Crippen molar-refractivity contribution in [1.82, 2.24) is 9.97 Å². The number of aromatic nitrogens is 2. The van der Waals surface area contributed by atoms with E-state index in [0.717, 1.165) is 37.8 Å². The van der Waals surface area contributed by atoms with Crippen LogP contribution in [-0.4, -0.2) is 22.4 Å². The van der Waals surface area contributed by atoms with Crippen molar-refractivity contribution in [2.45, 2.75) is 38.5 Å². The summed E-state index contributed by atoms with van der Waals surface area (Å²) >= 11 is 6.35. The molecule has 0 aliphatic heterocycles. The van der Waals surface area contributed by atoms with Crippen molar-refractivity contribution in [2.24, 2.45) is 11.7 Å². The largest absolute Gasteiger partial charge is 0.383 e. The Bertz CT molecular complexity index is 806. The first kappa shape index (κ1) is 18.6. The number of halogens is 2. The van der Waals surface area contributed by atoms with Gasteiger partial charge in [0.25, 0.3) is 5.91 Å². The van der Waals surface area contributed by atoms with Gasteiger partial charge in [0, 0.05) is 18.8 Å². The van der Waals surface area contributed by atoms with Crippen LogP contribution in [0.3, 0.4) is 0 Å². The number of aryl methyl sites for hydroxylation is 1. The topological polar surface area (TPSA) is 80.9 Å². The fourth-order valence-corrected chi connectivity index (χ4v) is 4.04. The molecule has 2 heterocycles. The lowest BCUT2D eigenvalue weighted by Crippen LogP contribution is -2.24. The van der Waals surface area contributed by atoms with Gasteiger partial charge in [-0.2, -0.15) is 0 Å². The lowest BCUT2D eigenvalue weighted by Gasteiger charge is -2.30. The number of amides is 1. The summed E-state index contributed by atoms with van der Waals surface area (Å²) in [5.41, 5.74) is 8.18. The molecule has 0 unspecified atom stereocenters. The number of pyridine rings is 2. The zero-order valence-electron chi connectivity index (χ0n) is 14.6. The SMILES string of the molecule is Cc1ncc(Cl)c(C2CCC(CNc3cncc(F)c3)CC2)c1C(N)=O. The minimum atomic E-state index is -0.477. The molecule has 138 valence electrons. The maximum Gasteiger partial charge on any atom is 0.250 e. The minimum absolute atomic E-state index is 0.207. The van der Waals surface area contributed by atoms with Crippen LogP contribution < -0.4 is 11.1 Å². The number of primary amides is 1. The summed E-state index contributed by atoms with van der Waals surface area (Å²) in [7, 11) is 0. The van der Waals surface area contributed by atoms with Crippen molar-refractivity contribution >= 4 is 23.2 Å². The van der Waals surface area contributed by atoms with Gasteiger partial charge in [-0.25, -0.2) is 4.39 Å². The Morgan fingerprint density at radius 1 is 1.31 bits per heavy atom. The summed E-state index contributed by atoms with van der Waals surface area (Å²) in [5.74, 6) is -0.137. The highest BCUT2D eigenvalue weighted by molar-refractivity contribution is 6.31. The number of carbonyl (C=O) groups excluding carboxylic acids is 1. The molecule has 3 N–H and O–H groups in total. The van der Waals surface area contributed by atoms with E-state index in [1.807, 2.05) is 0 Å². The third kappa shape index (κ3) is 4.12. The molecule has 1 saturated carbocycles. The monoisotopic (exact) mass is 376 g/mol. The standard InChI is InChI=1S/C19H22ClFN4O/c1-11-17(19(22)26)18(16(20)10-24-11)13-4-2-12(3-5-13)7-25-15-6-14(21)8-23-9-15/h6,8-10,12-13,25H,2-5,7H2,1H3,(H2,22,26). The van der Waals surface area contributed by atoms with Crippen LogP contribution in [0.25, 0.3) is 0 Å². The molecule has 1 aliphatic carbocycles. The fraction of sp³-hybridized carbons (Fsp3) is 0.421. The van der Waals surface area contributed by atoms with Crippen LogP contribution in [0, 0.1) is 18.7 Å². The van der Waals surface area contributed by atoms with Crippen molar-refractivity contribution in [1.29, 1.82) is 0 Å². The fourth-order valence-electron chi connectivity index (χ4n) is 3.74. The van der Waals surface area contributed by atoms with Gasteiger partial charge in [-0.3, -0.25) is 14.8 Å². The van der Waals surface area contributed by atoms with E-state index < -0.39 is 5.91 Å². The van der Waals surface area contributed by atoms with Crippen LogP contribution in [-0.2, 0) is 0 Å². The molecule has 1 amide bonds. The number of nitrogens with one attached hydrogen (secondary N) is 1. The second kappa shape index (κ2) is 7.99. The van der Waals surface area contributed by atoms with Crippen LogP contribution in [0.5, 0.6) is 0 Å². The molecule has 3 rings (SSSR count). The summed E-state index contributed by atoms with van der Waals surface area (Å²) in [4.78, 5) is 19.9. The number of rotatable bonds is 5. The molecular formula is C19H22ClFN4O. The molecule has 0 bridgehead atoms. The predicted octanol–water partition coefficient (Wildman–Crippen LogP) is 4.06. The summed E-state index contributed by atoms with van der Waals surface area (Å²) in [5, 5.41) is 3.76. The van der Waals surface area contributed by atoms with E-state index in [1.54, 1.807) is 19.3 Å². The Hall–Kier alpha value is -2.21. The van der Waals surface area contributed by atoms with Gasteiger partial charge in [0.15, 0.2) is 0 Å². The Morgan fingerprint density at radius 2 is 2.04 bits per heavy atom. The van der Waals surface area contributed by atoms with E-state index in [-0.39, 0.29) is 11.7 Å². The van der Waals surface area contributed by atoms with E-state index in [4.69, 9.17) is 17.3 Å². The lowest BCUT2D eigenvalue weighted by molar-refractivity contribution is 0.0997. The number of carbonyl (C=O) groups is 1. The molecular weight excluding hydrogens is 355 g/mol. The van der Waals surface area contributed by atoms with Gasteiger partial charge in [0.05, 0.1) is 34.4 Å². The highest BCUT2D eigenvalue weighted by Gasteiger charge is 2.28. The van der Waals surface area contributed by atoms with Crippen molar-refractivity contribution in [2.75, 3.05) is 11.9 Å². The highest BCUT2D eigenvalue weighted by Crippen LogP contribution is 2.40. The lowest BCUT2D eigenvalue weighted by atomic mass is 9.77. The first-order valence-electron chi connectivity index (χ1n) is 8.75. The van der Waals surface area contributed by atoms with Gasteiger partial charge in [-0.1, -0.05) is 11.6 Å². The van der Waals surface area contributed by atoms with Gasteiger partial charge in [0.2, 0.25) is 0 Å². The third-order valence-corrected chi connectivity index (χ3v) is 5.36. The molecule has 0 aromatic carbocycles. The Kier molecular flexibility index (Phi) is 5.71. The maximum absolute atomic E-state index is 13.2. The zero-order valence-corrected chi connectivity index (χ0v) is 15.4. The summed E-state index contributed by atoms with van der Waals surface area (Å²) in [6.07, 6.45) is 8.25. The van der Waals surface area contributed by atoms with Crippen molar-refractivity contribution in [3.63, 3.8) is 0 Å². The molecule has 2 aromatic heterocycles. The Balaban J connectivity index is 1.64.